The predicted octanol–water partition coefficient (Wildman–Crippen LogP) is 3.83. The van der Waals surface area contributed by atoms with Crippen molar-refractivity contribution in [3.63, 3.8) is 0 Å². The molecule has 0 aromatic rings. The second-order valence-electron chi connectivity index (χ2n) is 12.5. The van der Waals surface area contributed by atoms with Crippen molar-refractivity contribution in [1.82, 2.24) is 0 Å². The molecule has 4 aliphatic carbocycles. The highest BCUT2D eigenvalue weighted by Gasteiger charge is 2.84. The smallest absolute Gasteiger partial charge is 0.321 e. The number of aliphatic hydroxyl groups excluding tert-OH is 1. The number of methoxy groups -OCH3 is 1. The Morgan fingerprint density at radius 3 is 2.36 bits per heavy atom. The van der Waals surface area contributed by atoms with Gasteiger partial charge in [-0.25, -0.2) is 0 Å². The van der Waals surface area contributed by atoms with Gasteiger partial charge in [0.05, 0.1) is 17.9 Å². The summed E-state index contributed by atoms with van der Waals surface area (Å²) in [5.41, 5.74) is -4.90. The summed E-state index contributed by atoms with van der Waals surface area (Å²) in [6.45, 7) is 12.4. The van der Waals surface area contributed by atoms with Crippen molar-refractivity contribution in [2.75, 3.05) is 7.11 Å². The number of carbonyl (C=O) groups is 4. The van der Waals surface area contributed by atoms with Crippen molar-refractivity contribution >= 4 is 23.7 Å². The first-order valence-corrected chi connectivity index (χ1v) is 12.7. The number of rotatable bonds is 2. The molecule has 1 heterocycles. The molecule has 1 aliphatic heterocycles. The Bertz CT molecular complexity index is 1180. The summed E-state index contributed by atoms with van der Waals surface area (Å²) < 4.78 is 17.1. The van der Waals surface area contributed by atoms with Gasteiger partial charge in [0.2, 0.25) is 0 Å². The molecular formula is C28H36O8. The normalized spacial score (nSPS) is 46.3. The lowest BCUT2D eigenvalue weighted by Gasteiger charge is -2.66. The van der Waals surface area contributed by atoms with Crippen LogP contribution in [-0.4, -0.2) is 48.1 Å². The number of ether oxygens (including phenoxy) is 3. The van der Waals surface area contributed by atoms with E-state index in [2.05, 4.69) is 0 Å². The van der Waals surface area contributed by atoms with E-state index < -0.39 is 50.8 Å². The van der Waals surface area contributed by atoms with Crippen LogP contribution in [0.25, 0.3) is 0 Å². The first kappa shape index (κ1) is 25.0. The van der Waals surface area contributed by atoms with E-state index >= 15 is 0 Å². The van der Waals surface area contributed by atoms with Crippen LogP contribution in [0, 0.1) is 38.9 Å². The zero-order valence-electron chi connectivity index (χ0n) is 22.3. The number of allylic oxidation sites excluding steroid dienone is 3. The van der Waals surface area contributed by atoms with Crippen LogP contribution in [0.1, 0.15) is 67.7 Å². The second kappa shape index (κ2) is 7.01. The van der Waals surface area contributed by atoms with Crippen LogP contribution in [0.5, 0.6) is 0 Å². The third kappa shape index (κ3) is 2.29. The molecule has 0 spiro atoms. The average molecular weight is 501 g/mol. The van der Waals surface area contributed by atoms with E-state index in [1.165, 1.54) is 14.0 Å². The Morgan fingerprint density at radius 2 is 1.78 bits per heavy atom. The Balaban J connectivity index is 1.79. The lowest BCUT2D eigenvalue weighted by molar-refractivity contribution is -0.216. The van der Waals surface area contributed by atoms with Crippen molar-refractivity contribution < 1.29 is 38.5 Å². The maximum atomic E-state index is 14.1. The maximum Gasteiger partial charge on any atom is 0.321 e. The number of fused-ring (bicyclic) bond motifs is 3. The fraction of sp³-hybridized carbons (Fsp3) is 0.714. The Kier molecular flexibility index (Phi) is 4.88. The van der Waals surface area contributed by atoms with Crippen molar-refractivity contribution in [2.45, 2.75) is 79.9 Å². The molecule has 0 unspecified atom stereocenters. The van der Waals surface area contributed by atoms with Crippen molar-refractivity contribution in [1.29, 1.82) is 0 Å². The van der Waals surface area contributed by atoms with Gasteiger partial charge in [-0.3, -0.25) is 19.2 Å². The molecule has 0 amide bonds. The van der Waals surface area contributed by atoms with E-state index in [9.17, 15) is 24.3 Å². The third-order valence-corrected chi connectivity index (χ3v) is 11.0. The lowest BCUT2D eigenvalue weighted by Crippen LogP contribution is -2.71. The molecule has 8 nitrogen and oxygen atoms in total. The number of Topliss-reactive ketones (excluding diaryl/α,β-unsaturated/α-hetero) is 1. The largest absolute Gasteiger partial charge is 0.511 e. The molecule has 36 heavy (non-hydrogen) atoms. The summed E-state index contributed by atoms with van der Waals surface area (Å²) in [6.07, 6.45) is 2.14. The topological polar surface area (TPSA) is 116 Å². The average Bonchev–Trinajstić information content (AvgIpc) is 3.12. The van der Waals surface area contributed by atoms with Crippen LogP contribution in [0.3, 0.4) is 0 Å². The predicted molar refractivity (Wildman–Crippen MR) is 127 cm³/mol. The van der Waals surface area contributed by atoms with Gasteiger partial charge in [-0.2, -0.15) is 0 Å². The maximum absolute atomic E-state index is 14.1. The SMILES string of the molecule is COC(=O)[C@@]12C(=O)C(C)=C(O)[C@]1(C)C(C)=C[C@@H]1[C@]34CC[C@H](OC(C)=O)C(C)(C)[C@H]3[C@H](C[C@@]12C)OC4=O. The Morgan fingerprint density at radius 1 is 1.14 bits per heavy atom. The van der Waals surface area contributed by atoms with Gasteiger partial charge < -0.3 is 19.3 Å². The van der Waals surface area contributed by atoms with Gasteiger partial charge in [-0.05, 0) is 40.0 Å². The summed E-state index contributed by atoms with van der Waals surface area (Å²) >= 11 is 0. The number of hydrogen-bond acceptors (Lipinski definition) is 8. The number of carbonyl (C=O) groups excluding carboxylic acids is 4. The first-order valence-electron chi connectivity index (χ1n) is 12.7. The highest BCUT2D eigenvalue weighted by atomic mass is 16.6. The summed E-state index contributed by atoms with van der Waals surface area (Å²) in [5, 5.41) is 11.3. The van der Waals surface area contributed by atoms with Crippen molar-refractivity contribution in [2.24, 2.45) is 38.9 Å². The van der Waals surface area contributed by atoms with Crippen LogP contribution >= 0.6 is 0 Å². The van der Waals surface area contributed by atoms with E-state index in [-0.39, 0.29) is 41.7 Å². The summed E-state index contributed by atoms with van der Waals surface area (Å²) in [7, 11) is 1.26. The van der Waals surface area contributed by atoms with E-state index in [0.717, 1.165) is 0 Å². The minimum absolute atomic E-state index is 0.121. The van der Waals surface area contributed by atoms with Gasteiger partial charge >= 0.3 is 17.9 Å². The quantitative estimate of drug-likeness (QED) is 0.263. The minimum Gasteiger partial charge on any atom is -0.511 e. The van der Waals surface area contributed by atoms with E-state index in [1.807, 2.05) is 33.8 Å². The molecule has 196 valence electrons. The highest BCUT2D eigenvalue weighted by molar-refractivity contribution is 6.17. The fourth-order valence-corrected chi connectivity index (χ4v) is 9.58. The van der Waals surface area contributed by atoms with Crippen LogP contribution in [0.2, 0.25) is 0 Å². The van der Waals surface area contributed by atoms with E-state index in [1.54, 1.807) is 13.8 Å². The lowest BCUT2D eigenvalue weighted by atomic mass is 9.33. The van der Waals surface area contributed by atoms with Gasteiger partial charge in [0.15, 0.2) is 11.2 Å². The van der Waals surface area contributed by atoms with Gasteiger partial charge in [0, 0.05) is 35.2 Å². The summed E-state index contributed by atoms with van der Waals surface area (Å²) in [5.74, 6) is -2.77. The summed E-state index contributed by atoms with van der Waals surface area (Å²) in [6, 6.07) is 0. The van der Waals surface area contributed by atoms with Gasteiger partial charge in [0.25, 0.3) is 0 Å². The number of aliphatic hydroxyl groups is 1. The van der Waals surface area contributed by atoms with Gasteiger partial charge in [-0.1, -0.05) is 32.4 Å². The molecule has 1 N–H and O–H groups in total. The van der Waals surface area contributed by atoms with Crippen molar-refractivity contribution in [3.05, 3.63) is 23.0 Å². The standard InChI is InChI=1S/C28H36O8/c1-13-11-17-25(6,28(23(33)34-8)21(31)14(2)20(30)26(13,28)7)12-16-19-24(4,5)18(35-15(3)29)9-10-27(17,19)22(32)36-16/h11,16-19,30H,9-10,12H2,1-8H3/t16-,17-,18-,19+,25-,26-,27+,28+/m0/s1. The highest BCUT2D eigenvalue weighted by Crippen LogP contribution is 2.79. The van der Waals surface area contributed by atoms with Crippen LogP contribution in [0.15, 0.2) is 23.0 Å². The first-order chi connectivity index (χ1) is 16.6. The minimum atomic E-state index is -1.74. The summed E-state index contributed by atoms with van der Waals surface area (Å²) in [4.78, 5) is 53.7. The molecule has 0 radical (unpaired) electrons. The van der Waals surface area contributed by atoms with Crippen molar-refractivity contribution in [3.8, 4) is 0 Å². The zero-order valence-corrected chi connectivity index (χ0v) is 22.3. The van der Waals surface area contributed by atoms with Crippen LogP contribution in [-0.2, 0) is 33.4 Å². The molecule has 5 aliphatic rings. The molecule has 2 saturated carbocycles. The molecule has 2 bridgehead atoms. The van der Waals surface area contributed by atoms with E-state index in [4.69, 9.17) is 14.2 Å². The molecular weight excluding hydrogens is 464 g/mol. The van der Waals surface area contributed by atoms with Crippen LogP contribution < -0.4 is 0 Å². The number of hydrogen-bond donors (Lipinski definition) is 1. The fourth-order valence-electron chi connectivity index (χ4n) is 9.58. The molecule has 5 rings (SSSR count). The molecule has 8 atom stereocenters. The third-order valence-electron chi connectivity index (χ3n) is 11.0. The Labute approximate surface area is 211 Å². The number of esters is 3. The molecule has 3 fully saturated rings. The monoisotopic (exact) mass is 500 g/mol. The molecule has 0 aromatic carbocycles. The molecule has 8 heteroatoms. The Hall–Kier alpha value is -2.64. The zero-order chi connectivity index (χ0) is 26.8. The molecule has 1 saturated heterocycles. The molecule has 0 aromatic heterocycles. The van der Waals surface area contributed by atoms with Crippen LogP contribution in [0.4, 0.5) is 0 Å². The van der Waals surface area contributed by atoms with Gasteiger partial charge in [0.1, 0.15) is 18.0 Å². The van der Waals surface area contributed by atoms with E-state index in [0.29, 0.717) is 18.4 Å². The van der Waals surface area contributed by atoms with Gasteiger partial charge in [-0.15, -0.1) is 0 Å². The number of ketones is 1. The second-order valence-corrected chi connectivity index (χ2v) is 12.5.